The standard InChI is InChI=1S/C24H26N4O/c1-18-6-8-20(9-7-18)24(29)26-23-11-10-22(17-25-23)28-14-12-27(13-15-28)21-5-3-4-19(2)16-21/h3-11,16-17H,12-15H2,1-2H3,(H,25,26,29). The number of amides is 1. The Hall–Kier alpha value is -3.34. The predicted octanol–water partition coefficient (Wildman–Crippen LogP) is 4.28. The molecule has 5 nitrogen and oxygen atoms in total. The second-order valence-electron chi connectivity index (χ2n) is 7.53. The number of pyridine rings is 1. The lowest BCUT2D eigenvalue weighted by molar-refractivity contribution is 0.102. The lowest BCUT2D eigenvalue weighted by Crippen LogP contribution is -2.46. The molecule has 1 aliphatic heterocycles. The number of piperazine rings is 1. The van der Waals surface area contributed by atoms with E-state index in [-0.39, 0.29) is 5.91 Å². The van der Waals surface area contributed by atoms with Crippen molar-refractivity contribution < 1.29 is 4.79 Å². The first-order valence-corrected chi connectivity index (χ1v) is 9.99. The summed E-state index contributed by atoms with van der Waals surface area (Å²) < 4.78 is 0. The zero-order valence-corrected chi connectivity index (χ0v) is 16.9. The molecule has 2 aromatic carbocycles. The normalized spacial score (nSPS) is 14.0. The number of nitrogens with zero attached hydrogens (tertiary/aromatic N) is 3. The average molecular weight is 386 g/mol. The Morgan fingerprint density at radius 2 is 1.52 bits per heavy atom. The van der Waals surface area contributed by atoms with Gasteiger partial charge in [-0.1, -0.05) is 29.8 Å². The van der Waals surface area contributed by atoms with Gasteiger partial charge in [-0.25, -0.2) is 4.98 Å². The van der Waals surface area contributed by atoms with Gasteiger partial charge in [-0.3, -0.25) is 4.79 Å². The molecule has 2 heterocycles. The molecule has 0 aliphatic carbocycles. The molecule has 1 fully saturated rings. The number of nitrogens with one attached hydrogen (secondary N) is 1. The highest BCUT2D eigenvalue weighted by Crippen LogP contribution is 2.22. The van der Waals surface area contributed by atoms with Crippen molar-refractivity contribution in [2.75, 3.05) is 41.3 Å². The summed E-state index contributed by atoms with van der Waals surface area (Å²) in [6, 6.07) is 20.1. The predicted molar refractivity (Wildman–Crippen MR) is 119 cm³/mol. The molecule has 1 aliphatic rings. The third-order valence-corrected chi connectivity index (χ3v) is 5.31. The summed E-state index contributed by atoms with van der Waals surface area (Å²) >= 11 is 0. The van der Waals surface area contributed by atoms with E-state index in [9.17, 15) is 4.79 Å². The fourth-order valence-electron chi connectivity index (χ4n) is 3.59. The SMILES string of the molecule is Cc1ccc(C(=O)Nc2ccc(N3CCN(c4cccc(C)c4)CC3)cn2)cc1. The van der Waals surface area contributed by atoms with Crippen molar-refractivity contribution in [3.8, 4) is 0 Å². The van der Waals surface area contributed by atoms with Crippen molar-refractivity contribution in [3.63, 3.8) is 0 Å². The van der Waals surface area contributed by atoms with E-state index >= 15 is 0 Å². The first-order chi connectivity index (χ1) is 14.1. The van der Waals surface area contributed by atoms with Crippen LogP contribution in [0.2, 0.25) is 0 Å². The van der Waals surface area contributed by atoms with Gasteiger partial charge < -0.3 is 15.1 Å². The van der Waals surface area contributed by atoms with Crippen LogP contribution in [0.4, 0.5) is 17.2 Å². The second kappa shape index (κ2) is 8.35. The van der Waals surface area contributed by atoms with Gasteiger partial charge >= 0.3 is 0 Å². The van der Waals surface area contributed by atoms with Gasteiger partial charge in [-0.2, -0.15) is 0 Å². The molecule has 4 rings (SSSR count). The first kappa shape index (κ1) is 19.0. The Morgan fingerprint density at radius 3 is 2.14 bits per heavy atom. The molecule has 0 saturated carbocycles. The van der Waals surface area contributed by atoms with Gasteiger partial charge in [0.05, 0.1) is 11.9 Å². The molecule has 148 valence electrons. The fourth-order valence-corrected chi connectivity index (χ4v) is 3.59. The van der Waals surface area contributed by atoms with Crippen molar-refractivity contribution in [2.45, 2.75) is 13.8 Å². The average Bonchev–Trinajstić information content (AvgIpc) is 2.75. The van der Waals surface area contributed by atoms with Crippen molar-refractivity contribution in [2.24, 2.45) is 0 Å². The smallest absolute Gasteiger partial charge is 0.256 e. The van der Waals surface area contributed by atoms with E-state index in [1.807, 2.05) is 49.5 Å². The number of benzene rings is 2. The molecule has 0 unspecified atom stereocenters. The molecule has 1 saturated heterocycles. The van der Waals surface area contributed by atoms with Crippen molar-refractivity contribution in [1.29, 1.82) is 0 Å². The van der Waals surface area contributed by atoms with Crippen LogP contribution in [0.25, 0.3) is 0 Å². The van der Waals surface area contributed by atoms with Gasteiger partial charge in [0, 0.05) is 37.4 Å². The van der Waals surface area contributed by atoms with E-state index in [1.54, 1.807) is 0 Å². The quantitative estimate of drug-likeness (QED) is 0.727. The number of rotatable bonds is 4. The maximum absolute atomic E-state index is 12.3. The highest BCUT2D eigenvalue weighted by molar-refractivity contribution is 6.03. The fraction of sp³-hybridized carbons (Fsp3) is 0.250. The summed E-state index contributed by atoms with van der Waals surface area (Å²) in [6.07, 6.45) is 1.84. The van der Waals surface area contributed by atoms with Crippen molar-refractivity contribution in [3.05, 3.63) is 83.6 Å². The van der Waals surface area contributed by atoms with E-state index in [1.165, 1.54) is 11.3 Å². The Bertz CT molecular complexity index is 975. The Labute approximate surface area is 172 Å². The monoisotopic (exact) mass is 386 g/mol. The van der Waals surface area contributed by atoms with Crippen LogP contribution >= 0.6 is 0 Å². The number of anilines is 3. The van der Waals surface area contributed by atoms with Crippen LogP contribution < -0.4 is 15.1 Å². The number of aromatic nitrogens is 1. The van der Waals surface area contributed by atoms with E-state index in [0.717, 1.165) is 37.4 Å². The highest BCUT2D eigenvalue weighted by Gasteiger charge is 2.18. The molecule has 5 heteroatoms. The zero-order valence-electron chi connectivity index (χ0n) is 16.9. The van der Waals surface area contributed by atoms with Crippen LogP contribution in [0.5, 0.6) is 0 Å². The molecule has 0 atom stereocenters. The van der Waals surface area contributed by atoms with Gasteiger partial charge in [0.25, 0.3) is 5.91 Å². The Balaban J connectivity index is 1.35. The summed E-state index contributed by atoms with van der Waals surface area (Å²) in [4.78, 5) is 21.5. The molecule has 1 aromatic heterocycles. The minimum atomic E-state index is -0.142. The summed E-state index contributed by atoms with van der Waals surface area (Å²) in [5.41, 5.74) is 5.43. The minimum absolute atomic E-state index is 0.142. The van der Waals surface area contributed by atoms with Gasteiger partial charge in [0.2, 0.25) is 0 Å². The van der Waals surface area contributed by atoms with Crippen LogP contribution in [0.1, 0.15) is 21.5 Å². The first-order valence-electron chi connectivity index (χ1n) is 9.99. The summed E-state index contributed by atoms with van der Waals surface area (Å²) in [7, 11) is 0. The number of carbonyl (C=O) groups excluding carboxylic acids is 1. The summed E-state index contributed by atoms with van der Waals surface area (Å²) in [5.74, 6) is 0.426. The number of hydrogen-bond donors (Lipinski definition) is 1. The largest absolute Gasteiger partial charge is 0.368 e. The highest BCUT2D eigenvalue weighted by atomic mass is 16.1. The molecule has 1 amide bonds. The lowest BCUT2D eigenvalue weighted by atomic mass is 10.1. The molecule has 3 aromatic rings. The van der Waals surface area contributed by atoms with E-state index in [4.69, 9.17) is 0 Å². The topological polar surface area (TPSA) is 48.5 Å². The molecule has 1 N–H and O–H groups in total. The summed E-state index contributed by atoms with van der Waals surface area (Å²) in [5, 5.41) is 2.86. The third-order valence-electron chi connectivity index (χ3n) is 5.31. The maximum atomic E-state index is 12.3. The van der Waals surface area contributed by atoms with Gasteiger partial charge in [-0.05, 0) is 55.8 Å². The third kappa shape index (κ3) is 4.57. The van der Waals surface area contributed by atoms with Crippen molar-refractivity contribution in [1.82, 2.24) is 4.98 Å². The molecule has 29 heavy (non-hydrogen) atoms. The van der Waals surface area contributed by atoms with Crippen LogP contribution in [-0.4, -0.2) is 37.1 Å². The number of aryl methyl sites for hydroxylation is 2. The van der Waals surface area contributed by atoms with Gasteiger partial charge in [0.15, 0.2) is 0 Å². The summed E-state index contributed by atoms with van der Waals surface area (Å²) in [6.45, 7) is 7.99. The number of hydrogen-bond acceptors (Lipinski definition) is 4. The molecule has 0 spiro atoms. The minimum Gasteiger partial charge on any atom is -0.368 e. The van der Waals surface area contributed by atoms with Gasteiger partial charge in [-0.15, -0.1) is 0 Å². The van der Waals surface area contributed by atoms with Gasteiger partial charge in [0.1, 0.15) is 5.82 Å². The van der Waals surface area contributed by atoms with Crippen LogP contribution in [0.3, 0.4) is 0 Å². The second-order valence-corrected chi connectivity index (χ2v) is 7.53. The van der Waals surface area contributed by atoms with E-state index in [0.29, 0.717) is 11.4 Å². The maximum Gasteiger partial charge on any atom is 0.256 e. The van der Waals surface area contributed by atoms with E-state index < -0.39 is 0 Å². The van der Waals surface area contributed by atoms with Crippen molar-refractivity contribution >= 4 is 23.1 Å². The zero-order chi connectivity index (χ0) is 20.2. The van der Waals surface area contributed by atoms with Crippen LogP contribution in [0, 0.1) is 13.8 Å². The molecule has 0 radical (unpaired) electrons. The van der Waals surface area contributed by atoms with E-state index in [2.05, 4.69) is 51.3 Å². The number of carbonyl (C=O) groups is 1. The van der Waals surface area contributed by atoms with Crippen LogP contribution in [-0.2, 0) is 0 Å². The van der Waals surface area contributed by atoms with Crippen LogP contribution in [0.15, 0.2) is 66.9 Å². The molecule has 0 bridgehead atoms. The lowest BCUT2D eigenvalue weighted by Gasteiger charge is -2.37. The molecular formula is C24H26N4O. The Kier molecular flexibility index (Phi) is 5.47. The Morgan fingerprint density at radius 1 is 0.828 bits per heavy atom. The molecular weight excluding hydrogens is 360 g/mol.